The molecule has 168 valence electrons. The van der Waals surface area contributed by atoms with E-state index in [2.05, 4.69) is 12.2 Å². The average molecular weight is 425 g/mol. The van der Waals surface area contributed by atoms with Crippen LogP contribution < -0.4 is 10.1 Å². The molecule has 5 nitrogen and oxygen atoms in total. The molecule has 0 aliphatic carbocycles. The van der Waals surface area contributed by atoms with E-state index in [0.29, 0.717) is 25.3 Å². The molecule has 1 unspecified atom stereocenters. The Morgan fingerprint density at radius 3 is 2.39 bits per heavy atom. The number of carbonyl (C=O) groups is 2. The molecule has 0 radical (unpaired) electrons. The Balaban J connectivity index is 2.19. The number of nitrogens with zero attached hydrogens (tertiary/aromatic N) is 1. The maximum atomic E-state index is 13.2. The number of hydrogen-bond donors (Lipinski definition) is 1. The van der Waals surface area contributed by atoms with Crippen LogP contribution in [-0.4, -0.2) is 35.9 Å². The number of hydrogen-bond acceptors (Lipinski definition) is 3. The van der Waals surface area contributed by atoms with E-state index in [0.717, 1.165) is 35.1 Å². The van der Waals surface area contributed by atoms with E-state index < -0.39 is 6.04 Å². The SMILES string of the molecule is CCCCNC(=O)C(CC)N(Cc1ccc(C)cc1)C(=O)COc1cccc(C)c1C. The first-order chi connectivity index (χ1) is 14.9. The number of benzene rings is 2. The summed E-state index contributed by atoms with van der Waals surface area (Å²) >= 11 is 0. The maximum Gasteiger partial charge on any atom is 0.261 e. The van der Waals surface area contributed by atoms with Crippen molar-refractivity contribution >= 4 is 11.8 Å². The van der Waals surface area contributed by atoms with Crippen LogP contribution in [0, 0.1) is 20.8 Å². The molecule has 2 aromatic carbocycles. The van der Waals surface area contributed by atoms with Crippen LogP contribution in [0.2, 0.25) is 0 Å². The predicted molar refractivity (Wildman–Crippen MR) is 125 cm³/mol. The van der Waals surface area contributed by atoms with E-state index in [-0.39, 0.29) is 18.4 Å². The molecule has 2 rings (SSSR count). The maximum absolute atomic E-state index is 13.2. The van der Waals surface area contributed by atoms with Crippen molar-refractivity contribution < 1.29 is 14.3 Å². The van der Waals surface area contributed by atoms with Crippen molar-refractivity contribution in [2.75, 3.05) is 13.2 Å². The smallest absolute Gasteiger partial charge is 0.261 e. The summed E-state index contributed by atoms with van der Waals surface area (Å²) in [4.78, 5) is 27.8. The standard InChI is InChI=1S/C26H36N2O3/c1-6-8-16-27-26(30)23(7-2)28(17-22-14-12-19(3)13-15-22)25(29)18-31-24-11-9-10-20(4)21(24)5/h9-15,23H,6-8,16-18H2,1-5H3,(H,27,30). The molecule has 31 heavy (non-hydrogen) atoms. The van der Waals surface area contributed by atoms with Gasteiger partial charge in [0.15, 0.2) is 6.61 Å². The van der Waals surface area contributed by atoms with E-state index >= 15 is 0 Å². The monoisotopic (exact) mass is 424 g/mol. The van der Waals surface area contributed by atoms with Gasteiger partial charge in [-0.3, -0.25) is 9.59 Å². The third-order valence-corrected chi connectivity index (χ3v) is 5.60. The largest absolute Gasteiger partial charge is 0.483 e. The summed E-state index contributed by atoms with van der Waals surface area (Å²) in [5, 5.41) is 2.98. The van der Waals surface area contributed by atoms with Gasteiger partial charge in [-0.05, 0) is 56.4 Å². The van der Waals surface area contributed by atoms with Crippen LogP contribution in [-0.2, 0) is 16.1 Å². The van der Waals surface area contributed by atoms with Gasteiger partial charge in [0.25, 0.3) is 5.91 Å². The van der Waals surface area contributed by atoms with E-state index in [4.69, 9.17) is 4.74 Å². The molecule has 2 amide bonds. The van der Waals surface area contributed by atoms with E-state index in [1.807, 2.05) is 70.2 Å². The highest BCUT2D eigenvalue weighted by Gasteiger charge is 2.28. The molecule has 0 spiro atoms. The topological polar surface area (TPSA) is 58.6 Å². The van der Waals surface area contributed by atoms with Gasteiger partial charge in [-0.2, -0.15) is 0 Å². The van der Waals surface area contributed by atoms with Gasteiger partial charge in [0, 0.05) is 13.1 Å². The molecule has 1 atom stereocenters. The van der Waals surface area contributed by atoms with Crippen LogP contribution in [0.3, 0.4) is 0 Å². The summed E-state index contributed by atoms with van der Waals surface area (Å²) in [5.74, 6) is 0.395. The van der Waals surface area contributed by atoms with Gasteiger partial charge in [0.05, 0.1) is 0 Å². The van der Waals surface area contributed by atoms with Gasteiger partial charge < -0.3 is 15.0 Å². The fraction of sp³-hybridized carbons (Fsp3) is 0.462. The number of ether oxygens (including phenoxy) is 1. The van der Waals surface area contributed by atoms with Crippen molar-refractivity contribution in [3.63, 3.8) is 0 Å². The van der Waals surface area contributed by atoms with Crippen molar-refractivity contribution in [3.05, 3.63) is 64.7 Å². The number of rotatable bonds is 11. The summed E-state index contributed by atoms with van der Waals surface area (Å²) in [6.45, 7) is 10.9. The molecule has 1 N–H and O–H groups in total. The summed E-state index contributed by atoms with van der Waals surface area (Å²) in [6.07, 6.45) is 2.47. The zero-order chi connectivity index (χ0) is 22.8. The molecule has 0 heterocycles. The fourth-order valence-electron chi connectivity index (χ4n) is 3.42. The molecule has 2 aromatic rings. The Bertz CT molecular complexity index is 861. The van der Waals surface area contributed by atoms with Gasteiger partial charge in [-0.15, -0.1) is 0 Å². The molecule has 0 bridgehead atoms. The van der Waals surface area contributed by atoms with Crippen LogP contribution in [0.5, 0.6) is 5.75 Å². The Hall–Kier alpha value is -2.82. The van der Waals surface area contributed by atoms with Crippen LogP contribution in [0.25, 0.3) is 0 Å². The van der Waals surface area contributed by atoms with Gasteiger partial charge in [0.2, 0.25) is 5.91 Å². The third-order valence-electron chi connectivity index (χ3n) is 5.60. The van der Waals surface area contributed by atoms with E-state index in [1.54, 1.807) is 4.90 Å². The van der Waals surface area contributed by atoms with Crippen molar-refractivity contribution in [3.8, 4) is 5.75 Å². The lowest BCUT2D eigenvalue weighted by atomic mass is 10.1. The quantitative estimate of drug-likeness (QED) is 0.531. The minimum atomic E-state index is -0.534. The first kappa shape index (κ1) is 24.4. The molecular weight excluding hydrogens is 388 g/mol. The predicted octanol–water partition coefficient (Wildman–Crippen LogP) is 4.71. The molecule has 0 saturated carbocycles. The minimum Gasteiger partial charge on any atom is -0.483 e. The van der Waals surface area contributed by atoms with E-state index in [9.17, 15) is 9.59 Å². The Morgan fingerprint density at radius 1 is 1.03 bits per heavy atom. The van der Waals surface area contributed by atoms with E-state index in [1.165, 1.54) is 0 Å². The lowest BCUT2D eigenvalue weighted by Gasteiger charge is -2.30. The third kappa shape index (κ3) is 7.12. The van der Waals surface area contributed by atoms with Gasteiger partial charge in [-0.1, -0.05) is 62.2 Å². The first-order valence-corrected chi connectivity index (χ1v) is 11.2. The highest BCUT2D eigenvalue weighted by atomic mass is 16.5. The number of amides is 2. The van der Waals surface area contributed by atoms with Gasteiger partial charge >= 0.3 is 0 Å². The molecule has 0 saturated heterocycles. The lowest BCUT2D eigenvalue weighted by molar-refractivity contribution is -0.143. The fourth-order valence-corrected chi connectivity index (χ4v) is 3.42. The van der Waals surface area contributed by atoms with Crippen LogP contribution in [0.15, 0.2) is 42.5 Å². The van der Waals surface area contributed by atoms with Crippen molar-refractivity contribution in [1.29, 1.82) is 0 Å². The highest BCUT2D eigenvalue weighted by Crippen LogP contribution is 2.21. The van der Waals surface area contributed by atoms with Crippen molar-refractivity contribution in [2.45, 2.75) is 66.5 Å². The molecule has 0 aliphatic rings. The normalized spacial score (nSPS) is 11.6. The van der Waals surface area contributed by atoms with Gasteiger partial charge in [0.1, 0.15) is 11.8 Å². The number of aryl methyl sites for hydroxylation is 2. The summed E-state index contributed by atoms with van der Waals surface area (Å²) in [7, 11) is 0. The number of nitrogens with one attached hydrogen (secondary N) is 1. The number of carbonyl (C=O) groups excluding carboxylic acids is 2. The minimum absolute atomic E-state index is 0.102. The molecule has 5 heteroatoms. The highest BCUT2D eigenvalue weighted by molar-refractivity contribution is 5.88. The zero-order valence-electron chi connectivity index (χ0n) is 19.5. The Kier molecular flexibility index (Phi) is 9.57. The van der Waals surface area contributed by atoms with Crippen LogP contribution in [0.4, 0.5) is 0 Å². The Morgan fingerprint density at radius 2 is 1.74 bits per heavy atom. The summed E-state index contributed by atoms with van der Waals surface area (Å²) in [6, 6.07) is 13.3. The average Bonchev–Trinajstić information content (AvgIpc) is 2.76. The Labute approximate surface area is 186 Å². The van der Waals surface area contributed by atoms with Gasteiger partial charge in [-0.25, -0.2) is 0 Å². The molecule has 0 aliphatic heterocycles. The second-order valence-corrected chi connectivity index (χ2v) is 8.06. The van der Waals surface area contributed by atoms with Crippen molar-refractivity contribution in [2.24, 2.45) is 0 Å². The molecule has 0 fully saturated rings. The zero-order valence-corrected chi connectivity index (χ0v) is 19.5. The molecular formula is C26H36N2O3. The number of unbranched alkanes of at least 4 members (excludes halogenated alkanes) is 1. The summed E-state index contributed by atoms with van der Waals surface area (Å²) < 4.78 is 5.87. The van der Waals surface area contributed by atoms with Crippen LogP contribution in [0.1, 0.15) is 55.4 Å². The lowest BCUT2D eigenvalue weighted by Crippen LogP contribution is -2.50. The second-order valence-electron chi connectivity index (χ2n) is 8.06. The van der Waals surface area contributed by atoms with Crippen LogP contribution >= 0.6 is 0 Å². The van der Waals surface area contributed by atoms with Crippen molar-refractivity contribution in [1.82, 2.24) is 10.2 Å². The molecule has 0 aromatic heterocycles. The summed E-state index contributed by atoms with van der Waals surface area (Å²) in [5.41, 5.74) is 4.28. The second kappa shape index (κ2) is 12.1. The first-order valence-electron chi connectivity index (χ1n) is 11.2.